The summed E-state index contributed by atoms with van der Waals surface area (Å²) >= 11 is 0. The minimum Gasteiger partial charge on any atom is -0.381 e. The number of benzene rings is 1. The molecule has 0 N–H and O–H groups in total. The van der Waals surface area contributed by atoms with Gasteiger partial charge in [0.1, 0.15) is 0 Å². The number of ether oxygens (including phenoxy) is 1. The van der Waals surface area contributed by atoms with Crippen molar-refractivity contribution in [3.05, 3.63) is 41.5 Å². The van der Waals surface area contributed by atoms with Crippen molar-refractivity contribution >= 4 is 12.0 Å². The molecule has 2 fully saturated rings. The second-order valence-electron chi connectivity index (χ2n) is 5.93. The minimum absolute atomic E-state index is 0.193. The molecule has 3 rings (SSSR count). The summed E-state index contributed by atoms with van der Waals surface area (Å²) in [6, 6.07) is 10.4. The Bertz CT molecular complexity index is 493. The highest BCUT2D eigenvalue weighted by Crippen LogP contribution is 2.23. The average Bonchev–Trinajstić information content (AvgIpc) is 2.57. The van der Waals surface area contributed by atoms with Crippen LogP contribution in [0.3, 0.4) is 0 Å². The Kier molecular flexibility index (Phi) is 4.71. The molecule has 0 spiro atoms. The van der Waals surface area contributed by atoms with Gasteiger partial charge in [-0.25, -0.2) is 0 Å². The maximum absolute atomic E-state index is 12.5. The maximum Gasteiger partial charge on any atom is 0.225 e. The molecule has 2 aliphatic heterocycles. The van der Waals surface area contributed by atoms with E-state index in [0.29, 0.717) is 5.91 Å². The first-order valence-electron chi connectivity index (χ1n) is 7.94. The van der Waals surface area contributed by atoms with Crippen molar-refractivity contribution in [2.24, 2.45) is 5.92 Å². The standard InChI is InChI=1S/C18H23NO2/c20-18(17-8-12-21-13-9-17)19-10-6-16(7-11-19)14-15-4-2-1-3-5-15/h1-5,14,17H,6-13H2. The summed E-state index contributed by atoms with van der Waals surface area (Å²) in [6.07, 6.45) is 6.06. The van der Waals surface area contributed by atoms with Crippen LogP contribution in [0.1, 0.15) is 31.2 Å². The van der Waals surface area contributed by atoms with Gasteiger partial charge in [0.25, 0.3) is 0 Å². The lowest BCUT2D eigenvalue weighted by atomic mass is 9.95. The molecule has 3 heteroatoms. The normalized spacial score (nSPS) is 20.4. The molecule has 1 amide bonds. The number of nitrogens with zero attached hydrogens (tertiary/aromatic N) is 1. The third-order valence-corrected chi connectivity index (χ3v) is 4.46. The zero-order valence-electron chi connectivity index (χ0n) is 12.5. The van der Waals surface area contributed by atoms with Crippen molar-refractivity contribution in [3.63, 3.8) is 0 Å². The lowest BCUT2D eigenvalue weighted by Gasteiger charge is -2.33. The topological polar surface area (TPSA) is 29.5 Å². The summed E-state index contributed by atoms with van der Waals surface area (Å²) in [6.45, 7) is 3.22. The number of rotatable bonds is 2. The zero-order valence-corrected chi connectivity index (χ0v) is 12.5. The van der Waals surface area contributed by atoms with Crippen LogP contribution in [0.5, 0.6) is 0 Å². The molecule has 1 aromatic carbocycles. The van der Waals surface area contributed by atoms with Gasteiger partial charge in [-0.3, -0.25) is 4.79 Å². The van der Waals surface area contributed by atoms with Crippen molar-refractivity contribution in [2.75, 3.05) is 26.3 Å². The van der Waals surface area contributed by atoms with Crippen molar-refractivity contribution in [1.29, 1.82) is 0 Å². The van der Waals surface area contributed by atoms with Crippen molar-refractivity contribution in [3.8, 4) is 0 Å². The smallest absolute Gasteiger partial charge is 0.225 e. The van der Waals surface area contributed by atoms with E-state index in [4.69, 9.17) is 4.74 Å². The van der Waals surface area contributed by atoms with E-state index in [0.717, 1.165) is 52.0 Å². The van der Waals surface area contributed by atoms with Gasteiger partial charge in [0.2, 0.25) is 5.91 Å². The molecule has 0 aromatic heterocycles. The summed E-state index contributed by atoms with van der Waals surface area (Å²) < 4.78 is 5.34. The molecule has 3 nitrogen and oxygen atoms in total. The fourth-order valence-electron chi connectivity index (χ4n) is 3.15. The van der Waals surface area contributed by atoms with Gasteiger partial charge in [0.05, 0.1) is 0 Å². The molecule has 0 aliphatic carbocycles. The lowest BCUT2D eigenvalue weighted by Crippen LogP contribution is -2.41. The molecule has 0 unspecified atom stereocenters. The van der Waals surface area contributed by atoms with E-state index in [2.05, 4.69) is 35.2 Å². The predicted molar refractivity (Wildman–Crippen MR) is 83.8 cm³/mol. The molecule has 2 aliphatic rings. The van der Waals surface area contributed by atoms with Crippen LogP contribution < -0.4 is 0 Å². The fourth-order valence-corrected chi connectivity index (χ4v) is 3.15. The van der Waals surface area contributed by atoms with E-state index in [9.17, 15) is 4.79 Å². The second-order valence-corrected chi connectivity index (χ2v) is 5.93. The van der Waals surface area contributed by atoms with Gasteiger partial charge < -0.3 is 9.64 Å². The van der Waals surface area contributed by atoms with Gasteiger partial charge in [-0.2, -0.15) is 0 Å². The zero-order chi connectivity index (χ0) is 14.5. The van der Waals surface area contributed by atoms with E-state index in [-0.39, 0.29) is 5.92 Å². The van der Waals surface area contributed by atoms with E-state index < -0.39 is 0 Å². The Morgan fingerprint density at radius 2 is 1.76 bits per heavy atom. The largest absolute Gasteiger partial charge is 0.381 e. The molecule has 2 heterocycles. The van der Waals surface area contributed by atoms with Gasteiger partial charge in [0.15, 0.2) is 0 Å². The van der Waals surface area contributed by atoms with Gasteiger partial charge in [-0.05, 0) is 31.2 Å². The predicted octanol–water partition coefficient (Wildman–Crippen LogP) is 3.12. The number of piperidine rings is 1. The molecule has 112 valence electrons. The first-order valence-corrected chi connectivity index (χ1v) is 7.94. The van der Waals surface area contributed by atoms with Gasteiger partial charge in [-0.1, -0.05) is 42.0 Å². The lowest BCUT2D eigenvalue weighted by molar-refractivity contribution is -0.138. The SMILES string of the molecule is O=C(C1CCOCC1)N1CCC(=Cc2ccccc2)CC1. The van der Waals surface area contributed by atoms with Crippen molar-refractivity contribution < 1.29 is 9.53 Å². The van der Waals surface area contributed by atoms with Gasteiger partial charge in [-0.15, -0.1) is 0 Å². The van der Waals surface area contributed by atoms with Gasteiger partial charge >= 0.3 is 0 Å². The van der Waals surface area contributed by atoms with Crippen LogP contribution in [-0.4, -0.2) is 37.1 Å². The highest BCUT2D eigenvalue weighted by Gasteiger charge is 2.27. The fraction of sp³-hybridized carbons (Fsp3) is 0.500. The van der Waals surface area contributed by atoms with Crippen LogP contribution in [0.15, 0.2) is 35.9 Å². The molecule has 1 aromatic rings. The second kappa shape index (κ2) is 6.90. The van der Waals surface area contributed by atoms with Crippen LogP contribution in [0.25, 0.3) is 6.08 Å². The first kappa shape index (κ1) is 14.3. The van der Waals surface area contributed by atoms with Crippen LogP contribution in [0.2, 0.25) is 0 Å². The van der Waals surface area contributed by atoms with E-state index in [1.807, 2.05) is 6.07 Å². The summed E-state index contributed by atoms with van der Waals surface area (Å²) in [5, 5.41) is 0. The molecular weight excluding hydrogens is 262 g/mol. The third kappa shape index (κ3) is 3.73. The highest BCUT2D eigenvalue weighted by molar-refractivity contribution is 5.79. The summed E-state index contributed by atoms with van der Waals surface area (Å²) in [4.78, 5) is 14.5. The molecule has 0 atom stereocenters. The van der Waals surface area contributed by atoms with E-state index >= 15 is 0 Å². The molecule has 0 saturated carbocycles. The monoisotopic (exact) mass is 285 g/mol. The van der Waals surface area contributed by atoms with Crippen LogP contribution in [-0.2, 0) is 9.53 Å². The van der Waals surface area contributed by atoms with Crippen molar-refractivity contribution in [1.82, 2.24) is 4.90 Å². The first-order chi connectivity index (χ1) is 10.3. The summed E-state index contributed by atoms with van der Waals surface area (Å²) in [5.74, 6) is 0.537. The molecule has 2 saturated heterocycles. The molecule has 0 bridgehead atoms. The number of amides is 1. The van der Waals surface area contributed by atoms with E-state index in [1.165, 1.54) is 11.1 Å². The van der Waals surface area contributed by atoms with Crippen molar-refractivity contribution in [2.45, 2.75) is 25.7 Å². The Balaban J connectivity index is 1.55. The average molecular weight is 285 g/mol. The molecular formula is C18H23NO2. The van der Waals surface area contributed by atoms with Crippen LogP contribution >= 0.6 is 0 Å². The minimum atomic E-state index is 0.193. The Hall–Kier alpha value is -1.61. The number of carbonyl (C=O) groups excluding carboxylic acids is 1. The quantitative estimate of drug-likeness (QED) is 0.835. The molecule has 0 radical (unpaired) electrons. The van der Waals surface area contributed by atoms with E-state index in [1.54, 1.807) is 0 Å². The summed E-state index contributed by atoms with van der Waals surface area (Å²) in [7, 11) is 0. The Morgan fingerprint density at radius 1 is 1.10 bits per heavy atom. The Morgan fingerprint density at radius 3 is 2.43 bits per heavy atom. The number of hydrogen-bond acceptors (Lipinski definition) is 2. The highest BCUT2D eigenvalue weighted by atomic mass is 16.5. The molecule has 21 heavy (non-hydrogen) atoms. The van der Waals surface area contributed by atoms with Crippen LogP contribution in [0, 0.1) is 5.92 Å². The number of likely N-dealkylation sites (tertiary alicyclic amines) is 1. The van der Waals surface area contributed by atoms with Crippen LogP contribution in [0.4, 0.5) is 0 Å². The number of carbonyl (C=O) groups is 1. The Labute approximate surface area is 126 Å². The van der Waals surface area contributed by atoms with Gasteiger partial charge in [0, 0.05) is 32.2 Å². The number of hydrogen-bond donors (Lipinski definition) is 0. The maximum atomic E-state index is 12.5. The summed E-state index contributed by atoms with van der Waals surface area (Å²) in [5.41, 5.74) is 2.72. The third-order valence-electron chi connectivity index (χ3n) is 4.46.